The fourth-order valence-electron chi connectivity index (χ4n) is 13.0. The van der Waals surface area contributed by atoms with Crippen LogP contribution in [0.1, 0.15) is 208 Å². The molecular formula is C78H92Br3ClN24O13S. The minimum absolute atomic E-state index is 0.00713. The van der Waals surface area contributed by atoms with E-state index in [1.54, 1.807) is 18.2 Å². The van der Waals surface area contributed by atoms with Gasteiger partial charge in [0.1, 0.15) is 35.1 Å². The van der Waals surface area contributed by atoms with Crippen molar-refractivity contribution < 1.29 is 51.1 Å². The number of nitriles is 1. The summed E-state index contributed by atoms with van der Waals surface area (Å²) >= 11 is 15.8. The van der Waals surface area contributed by atoms with E-state index in [2.05, 4.69) is 134 Å². The highest BCUT2D eigenvalue weighted by atomic mass is 79.9. The van der Waals surface area contributed by atoms with Gasteiger partial charge >= 0.3 is 10.4 Å². The normalized spacial score (nSPS) is 13.9. The van der Waals surface area contributed by atoms with Gasteiger partial charge in [0.05, 0.1) is 40.5 Å². The van der Waals surface area contributed by atoms with Crippen molar-refractivity contribution in [2.24, 2.45) is 16.5 Å². The molecule has 636 valence electrons. The smallest absolute Gasteiger partial charge is 0.370 e. The fraction of sp³-hybridized carbons (Fsp3) is 0.359. The van der Waals surface area contributed by atoms with E-state index in [4.69, 9.17) is 57.3 Å². The predicted molar refractivity (Wildman–Crippen MR) is 464 cm³/mol. The molecule has 42 heteroatoms. The number of hydrogen-bond acceptors (Lipinski definition) is 21. The molecule has 19 N–H and O–H groups in total. The molecule has 5 aliphatic carbocycles. The number of alkyl halides is 1. The summed E-state index contributed by atoms with van der Waals surface area (Å²) in [6.07, 6.45) is 25.4. The number of ketones is 2. The highest BCUT2D eigenvalue weighted by Gasteiger charge is 2.28. The van der Waals surface area contributed by atoms with Crippen molar-refractivity contribution >= 4 is 163 Å². The SMILES string of the molecule is CC#N.CC(=O)N=C(N)N.CC(=O)Nc1nc2c([nH]1)CCCC2.Cc1ccc(Br)cc1CC(=O)c1ncn2c(=O)c3c(C(=O)Nc4cc(Br)ccc4C)ncn3c(=O)c12.Cc1ccc(Br)cc1NC(=O)c1nc[nH]c1C(=O)Nc1nc2c([nH]1)CCCC2.Nc1nc2c([nH]1)CCCC2.Nc1nc2c([nH]1)CCCC2.O=C1CCCCC1Cl.O=S(=O)(O)O. The summed E-state index contributed by atoms with van der Waals surface area (Å²) in [7, 11) is -4.67. The van der Waals surface area contributed by atoms with Gasteiger partial charge in [-0.2, -0.15) is 18.7 Å². The number of amides is 5. The van der Waals surface area contributed by atoms with Gasteiger partial charge in [-0.15, -0.1) is 11.6 Å². The highest BCUT2D eigenvalue weighted by molar-refractivity contribution is 9.11. The zero-order chi connectivity index (χ0) is 87.7. The number of aromatic amines is 5. The first-order chi connectivity index (χ1) is 57.0. The number of hydrogen-bond donors (Lipinski definition) is 15. The second kappa shape index (κ2) is 44.4. The third-order valence-corrected chi connectivity index (χ3v) is 20.6. The molecule has 0 saturated heterocycles. The van der Waals surface area contributed by atoms with Gasteiger partial charge in [0.2, 0.25) is 23.7 Å². The maximum Gasteiger partial charge on any atom is 0.394 e. The van der Waals surface area contributed by atoms with Gasteiger partial charge in [-0.25, -0.2) is 34.9 Å². The van der Waals surface area contributed by atoms with Crippen LogP contribution in [0.25, 0.3) is 11.0 Å². The standard InChI is InChI=1S/C25H17Br2N5O4.C19H19BrN6O2.C9H13N3O.2C7H11N3.C6H9ClO.C3H7N3O.C2H3N.H2O4S/c1-12-3-5-15(26)7-14(12)8-18(33)19-21-24(35)32-11-29-20(22(32)25(36)31(21)10-28-19)23(34)30-17-9-16(27)6-4-13(17)2;1-10-6-7-11(20)8-14(10)23-17(27)15-16(22-9-21-15)18(28)26-19-24-12-4-2-3-5-13(12)25-19;1-6(13)10-9-11-7-4-2-3-5-8(7)12-9;2*8-7-9-5-3-1-2-4-6(5)10-7;7-5-3-1-2-4-6(5)8;1-2(7)6-3(4)5;1-2-3;1-5(2,3)4/h3-7,9-11H,8H2,1-2H3,(H,30,34);6-9H,2-5H2,1H3,(H,21,22)(H,23,27)(H2,24,25,26,28);2-5H2,1H3,(H2,10,11,12,13);2*1-4H2,(H3,8,9,10);5H,1-4H2;1H3,(H4,4,5,6,7);1H3;(H2,1,2,3,4). The van der Waals surface area contributed by atoms with E-state index in [9.17, 15) is 43.2 Å². The van der Waals surface area contributed by atoms with E-state index >= 15 is 0 Å². The molecule has 120 heavy (non-hydrogen) atoms. The topological polar surface area (TPSA) is 595 Å². The number of aliphatic imine (C=N–C) groups is 1. The summed E-state index contributed by atoms with van der Waals surface area (Å²) in [5.74, 6) is -0.254. The predicted octanol–water partition coefficient (Wildman–Crippen LogP) is 11.0. The molecule has 0 radical (unpaired) electrons. The van der Waals surface area contributed by atoms with Crippen LogP contribution in [-0.4, -0.2) is 139 Å². The first-order valence-electron chi connectivity index (χ1n) is 37.9. The Labute approximate surface area is 718 Å². The lowest BCUT2D eigenvalue weighted by Crippen LogP contribution is -2.28. The van der Waals surface area contributed by atoms with E-state index < -0.39 is 45.0 Å². The number of nitrogens with zero attached hydrogens (tertiary/aromatic N) is 11. The summed E-state index contributed by atoms with van der Waals surface area (Å²) in [6, 6.07) is 18.3. The molecule has 11 aromatic rings. The number of imidazole rings is 7. The summed E-state index contributed by atoms with van der Waals surface area (Å²) in [5.41, 5.74) is 32.5. The third-order valence-electron chi connectivity index (χ3n) is 18.6. The van der Waals surface area contributed by atoms with Crippen LogP contribution in [0.15, 0.2) is 102 Å². The van der Waals surface area contributed by atoms with Crippen LogP contribution in [0, 0.1) is 32.1 Å². The number of nitrogen functional groups attached to an aromatic ring is 2. The third kappa shape index (κ3) is 27.7. The number of fused-ring (bicyclic) bond motifs is 6. The first kappa shape index (κ1) is 93.8. The maximum atomic E-state index is 13.3. The number of carbonyl (C=O) groups is 7. The minimum atomic E-state index is -4.67. The van der Waals surface area contributed by atoms with E-state index in [0.717, 1.165) is 158 Å². The lowest BCUT2D eigenvalue weighted by atomic mass is 9.99. The Balaban J connectivity index is 0.000000186. The number of guanidine groups is 1. The van der Waals surface area contributed by atoms with Gasteiger partial charge in [0.25, 0.3) is 28.8 Å². The van der Waals surface area contributed by atoms with Crippen LogP contribution >= 0.6 is 59.4 Å². The van der Waals surface area contributed by atoms with Crippen LogP contribution in [-0.2, 0) is 82.6 Å². The van der Waals surface area contributed by atoms with Crippen molar-refractivity contribution in [1.82, 2.24) is 68.6 Å². The van der Waals surface area contributed by atoms with Gasteiger partial charge in [-0.1, -0.05) is 72.4 Å². The minimum Gasteiger partial charge on any atom is -0.370 e. The van der Waals surface area contributed by atoms with E-state index in [-0.39, 0.29) is 69.2 Å². The van der Waals surface area contributed by atoms with Crippen LogP contribution in [0.2, 0.25) is 0 Å². The Morgan fingerprint density at radius 2 is 0.967 bits per heavy atom. The lowest BCUT2D eigenvalue weighted by Gasteiger charge is -2.12. The Morgan fingerprint density at radius 3 is 1.38 bits per heavy atom. The summed E-state index contributed by atoms with van der Waals surface area (Å²) in [5, 5.41) is 18.1. The number of carbonyl (C=O) groups excluding carboxylic acids is 7. The Kier molecular flexibility index (Phi) is 34.7. The number of aromatic nitrogens is 14. The molecular weight excluding hydrogens is 1790 g/mol. The number of nitrogens with one attached hydrogen (secondary N) is 9. The van der Waals surface area contributed by atoms with Gasteiger partial charge in [0, 0.05) is 81.2 Å². The van der Waals surface area contributed by atoms with Crippen molar-refractivity contribution in [3.63, 3.8) is 0 Å². The number of halogens is 4. The number of rotatable bonds is 10. The molecule has 5 aliphatic rings. The van der Waals surface area contributed by atoms with Crippen molar-refractivity contribution in [1.29, 1.82) is 5.26 Å². The number of aryl methyl sites for hydroxylation is 11. The molecule has 37 nitrogen and oxygen atoms in total. The zero-order valence-electron chi connectivity index (χ0n) is 66.4. The lowest BCUT2D eigenvalue weighted by molar-refractivity contribution is -0.120. The fourth-order valence-corrected chi connectivity index (χ4v) is 14.4. The molecule has 1 fully saturated rings. The number of nitrogens with two attached hydrogens (primary N) is 4. The van der Waals surface area contributed by atoms with Gasteiger partial charge < -0.3 is 58.5 Å². The average molecular weight is 1880 g/mol. The molecule has 3 aromatic carbocycles. The van der Waals surface area contributed by atoms with Crippen molar-refractivity contribution in [3.05, 3.63) is 198 Å². The maximum absolute atomic E-state index is 13.3. The number of benzene rings is 3. The molecule has 8 heterocycles. The number of anilines is 6. The van der Waals surface area contributed by atoms with Crippen molar-refractivity contribution in [2.75, 3.05) is 32.7 Å². The summed E-state index contributed by atoms with van der Waals surface area (Å²) in [4.78, 5) is 157. The average Bonchev–Trinajstić information content (AvgIpc) is 1.57. The molecule has 1 atom stereocenters. The molecule has 0 spiro atoms. The van der Waals surface area contributed by atoms with Gasteiger partial charge in [0.15, 0.2) is 40.8 Å². The monoisotopic (exact) mass is 1880 g/mol. The second-order valence-electron chi connectivity index (χ2n) is 27.8. The van der Waals surface area contributed by atoms with Crippen LogP contribution in [0.5, 0.6) is 0 Å². The number of H-pyrrole nitrogens is 5. The van der Waals surface area contributed by atoms with Crippen molar-refractivity contribution in [3.8, 4) is 6.07 Å². The Hall–Kier alpha value is -11.7. The molecule has 16 rings (SSSR count). The highest BCUT2D eigenvalue weighted by Crippen LogP contribution is 2.28. The molecule has 1 saturated carbocycles. The zero-order valence-corrected chi connectivity index (χ0v) is 72.7. The summed E-state index contributed by atoms with van der Waals surface area (Å²) in [6.45, 7) is 9.79. The van der Waals surface area contributed by atoms with E-state index in [1.165, 1.54) is 94.1 Å². The first-order valence-corrected chi connectivity index (χ1v) is 42.1. The molecule has 8 aromatic heterocycles. The van der Waals surface area contributed by atoms with Crippen LogP contribution in [0.4, 0.5) is 35.2 Å². The summed E-state index contributed by atoms with van der Waals surface area (Å²) < 4.78 is 36.0. The second-order valence-corrected chi connectivity index (χ2v) is 32.0. The molecule has 0 bridgehead atoms. The quantitative estimate of drug-likeness (QED) is 0.0199. The molecule has 0 aliphatic heterocycles. The molecule has 5 amide bonds. The van der Waals surface area contributed by atoms with Crippen LogP contribution < -0.4 is 55.3 Å². The largest absolute Gasteiger partial charge is 0.394 e. The van der Waals surface area contributed by atoms with E-state index in [1.807, 2.05) is 63.2 Å². The Morgan fingerprint density at radius 1 is 0.567 bits per heavy atom. The van der Waals surface area contributed by atoms with Crippen molar-refractivity contribution in [2.45, 2.75) is 182 Å². The van der Waals surface area contributed by atoms with Crippen LogP contribution in [0.3, 0.4) is 0 Å². The van der Waals surface area contributed by atoms with Gasteiger partial charge in [-0.3, -0.25) is 71.7 Å². The number of Topliss-reactive ketones (excluding diaryl/α,β-unsaturated/α-hetero) is 2. The van der Waals surface area contributed by atoms with Gasteiger partial charge in [-0.05, 0) is 195 Å². The Bertz CT molecular complexity index is 5550. The van der Waals surface area contributed by atoms with E-state index in [0.29, 0.717) is 41.6 Å². The molecule has 1 unspecified atom stereocenters.